The summed E-state index contributed by atoms with van der Waals surface area (Å²) in [6.45, 7) is 2.59. The molecule has 26 heavy (non-hydrogen) atoms. The molecule has 140 valence electrons. The summed E-state index contributed by atoms with van der Waals surface area (Å²) in [5, 5.41) is 21.6. The van der Waals surface area contributed by atoms with E-state index in [-0.39, 0.29) is 12.5 Å². The van der Waals surface area contributed by atoms with Gasteiger partial charge in [-0.1, -0.05) is 17.3 Å². The molecule has 1 atom stereocenters. The van der Waals surface area contributed by atoms with E-state index in [0.717, 1.165) is 17.7 Å². The predicted molar refractivity (Wildman–Crippen MR) is 95.5 cm³/mol. The number of hydrogen-bond acceptors (Lipinski definition) is 6. The van der Waals surface area contributed by atoms with Crippen molar-refractivity contribution in [3.63, 3.8) is 0 Å². The van der Waals surface area contributed by atoms with E-state index in [1.54, 1.807) is 29.1 Å². The summed E-state index contributed by atoms with van der Waals surface area (Å²) in [4.78, 5) is 14.5. The molecule has 3 rings (SSSR count). The molecule has 0 unspecified atom stereocenters. The van der Waals surface area contributed by atoms with Crippen LogP contribution in [-0.4, -0.2) is 63.3 Å². The highest BCUT2D eigenvalue weighted by atomic mass is 16.5. The first-order valence-electron chi connectivity index (χ1n) is 8.80. The molecule has 1 saturated heterocycles. The van der Waals surface area contributed by atoms with E-state index in [1.807, 2.05) is 24.3 Å². The van der Waals surface area contributed by atoms with E-state index in [9.17, 15) is 9.90 Å². The van der Waals surface area contributed by atoms with Gasteiger partial charge in [-0.3, -0.25) is 9.48 Å². The highest BCUT2D eigenvalue weighted by molar-refractivity contribution is 5.86. The Bertz CT molecular complexity index is 721. The first-order valence-corrected chi connectivity index (χ1v) is 8.80. The highest BCUT2D eigenvalue weighted by Gasteiger charge is 2.41. The van der Waals surface area contributed by atoms with Gasteiger partial charge in [0, 0.05) is 32.4 Å². The summed E-state index contributed by atoms with van der Waals surface area (Å²) in [7, 11) is 1.62. The zero-order valence-electron chi connectivity index (χ0n) is 15.0. The molecule has 1 aromatic carbocycles. The lowest BCUT2D eigenvalue weighted by atomic mass is 9.91. The van der Waals surface area contributed by atoms with Gasteiger partial charge in [0.1, 0.15) is 5.75 Å². The summed E-state index contributed by atoms with van der Waals surface area (Å²) in [5.41, 5.74) is -0.375. The Morgan fingerprint density at radius 3 is 3.08 bits per heavy atom. The van der Waals surface area contributed by atoms with Crippen molar-refractivity contribution in [1.29, 1.82) is 0 Å². The van der Waals surface area contributed by atoms with Gasteiger partial charge in [-0.15, -0.1) is 5.10 Å². The van der Waals surface area contributed by atoms with E-state index < -0.39 is 5.60 Å². The van der Waals surface area contributed by atoms with Gasteiger partial charge < -0.3 is 20.1 Å². The van der Waals surface area contributed by atoms with Crippen LogP contribution in [0.25, 0.3) is 0 Å². The molecule has 1 aliphatic rings. The highest BCUT2D eigenvalue weighted by Crippen LogP contribution is 2.24. The summed E-state index contributed by atoms with van der Waals surface area (Å²) in [6, 6.07) is 7.65. The third-order valence-corrected chi connectivity index (χ3v) is 4.62. The maximum absolute atomic E-state index is 12.8. The van der Waals surface area contributed by atoms with Gasteiger partial charge >= 0.3 is 0 Å². The second kappa shape index (κ2) is 8.29. The number of carbonyl (C=O) groups is 1. The number of amides is 1. The Labute approximate surface area is 152 Å². The van der Waals surface area contributed by atoms with Crippen molar-refractivity contribution in [3.05, 3.63) is 42.2 Å². The zero-order valence-corrected chi connectivity index (χ0v) is 15.0. The summed E-state index contributed by atoms with van der Waals surface area (Å²) in [6.07, 6.45) is 4.64. The first kappa shape index (κ1) is 18.3. The van der Waals surface area contributed by atoms with Crippen LogP contribution in [0, 0.1) is 0 Å². The van der Waals surface area contributed by atoms with Crippen molar-refractivity contribution in [2.24, 2.45) is 0 Å². The van der Waals surface area contributed by atoms with Crippen LogP contribution < -0.4 is 10.1 Å². The third kappa shape index (κ3) is 4.39. The van der Waals surface area contributed by atoms with Crippen molar-refractivity contribution in [2.45, 2.75) is 31.5 Å². The fourth-order valence-corrected chi connectivity index (χ4v) is 3.21. The molecule has 0 radical (unpaired) electrons. The van der Waals surface area contributed by atoms with Gasteiger partial charge in [0.25, 0.3) is 5.91 Å². The van der Waals surface area contributed by atoms with Crippen molar-refractivity contribution >= 4 is 5.91 Å². The lowest BCUT2D eigenvalue weighted by molar-refractivity contribution is -0.157. The minimum Gasteiger partial charge on any atom is -0.497 e. The number of rotatable bonds is 8. The smallest absolute Gasteiger partial charge is 0.256 e. The number of carbonyl (C=O) groups excluding carboxylic acids is 1. The van der Waals surface area contributed by atoms with Crippen molar-refractivity contribution in [3.8, 4) is 5.75 Å². The molecule has 8 heteroatoms. The predicted octanol–water partition coefficient (Wildman–Crippen LogP) is 0.430. The lowest BCUT2D eigenvalue weighted by Crippen LogP contribution is -2.57. The lowest BCUT2D eigenvalue weighted by Gasteiger charge is -2.38. The molecule has 2 aromatic rings. The second-order valence-electron chi connectivity index (χ2n) is 6.56. The van der Waals surface area contributed by atoms with E-state index in [4.69, 9.17) is 4.74 Å². The Balaban J connectivity index is 1.55. The molecular weight excluding hydrogens is 334 g/mol. The van der Waals surface area contributed by atoms with E-state index >= 15 is 0 Å². The number of aromatic nitrogens is 3. The Kier molecular flexibility index (Phi) is 5.85. The largest absolute Gasteiger partial charge is 0.497 e. The Morgan fingerprint density at radius 1 is 1.42 bits per heavy atom. The normalized spacial score (nSPS) is 20.4. The van der Waals surface area contributed by atoms with Crippen LogP contribution in [0.2, 0.25) is 0 Å². The van der Waals surface area contributed by atoms with E-state index in [2.05, 4.69) is 15.6 Å². The molecule has 8 nitrogen and oxygen atoms in total. The number of hydrogen-bond donors (Lipinski definition) is 2. The molecule has 0 bridgehead atoms. The van der Waals surface area contributed by atoms with E-state index in [1.165, 1.54) is 0 Å². The van der Waals surface area contributed by atoms with Crippen LogP contribution in [-0.2, 0) is 17.9 Å². The van der Waals surface area contributed by atoms with Gasteiger partial charge in [-0.05, 0) is 30.5 Å². The van der Waals surface area contributed by atoms with Gasteiger partial charge in [-0.2, -0.15) is 0 Å². The molecular formula is C18H25N5O3. The second-order valence-corrected chi connectivity index (χ2v) is 6.56. The Morgan fingerprint density at radius 2 is 2.31 bits per heavy atom. The van der Waals surface area contributed by atoms with Crippen LogP contribution in [0.15, 0.2) is 36.7 Å². The van der Waals surface area contributed by atoms with Crippen molar-refractivity contribution in [1.82, 2.24) is 25.2 Å². The summed E-state index contributed by atoms with van der Waals surface area (Å²) >= 11 is 0. The SMILES string of the molecule is COc1cccc(CN2CCC[C@](O)(CNCCn3ccnn3)C2=O)c1. The van der Waals surface area contributed by atoms with Gasteiger partial charge in [-0.25, -0.2) is 0 Å². The van der Waals surface area contributed by atoms with Gasteiger partial charge in [0.15, 0.2) is 5.60 Å². The topological polar surface area (TPSA) is 92.5 Å². The quantitative estimate of drug-likeness (QED) is 0.664. The summed E-state index contributed by atoms with van der Waals surface area (Å²) in [5.74, 6) is 0.539. The molecule has 1 amide bonds. The average molecular weight is 359 g/mol. The number of benzene rings is 1. The fraction of sp³-hybridized carbons (Fsp3) is 0.500. The standard InChI is InChI=1S/C18H25N5O3/c1-26-16-5-2-4-15(12-16)13-22-9-3-6-18(25,17(22)24)14-19-7-10-23-11-8-20-21-23/h2,4-5,8,11-12,19,25H,3,6-7,9-10,13-14H2,1H3/t18-/m0/s1. The molecule has 1 fully saturated rings. The molecule has 0 aliphatic carbocycles. The molecule has 1 aliphatic heterocycles. The van der Waals surface area contributed by atoms with Crippen molar-refractivity contribution < 1.29 is 14.6 Å². The van der Waals surface area contributed by atoms with Crippen LogP contribution in [0.4, 0.5) is 0 Å². The van der Waals surface area contributed by atoms with Crippen LogP contribution in [0.5, 0.6) is 5.75 Å². The number of nitrogens with zero attached hydrogens (tertiary/aromatic N) is 4. The maximum atomic E-state index is 12.8. The number of methoxy groups -OCH3 is 1. The van der Waals surface area contributed by atoms with Gasteiger partial charge in [0.05, 0.1) is 19.9 Å². The van der Waals surface area contributed by atoms with Crippen LogP contribution in [0.1, 0.15) is 18.4 Å². The number of likely N-dealkylation sites (tertiary alicyclic amines) is 1. The van der Waals surface area contributed by atoms with Crippen LogP contribution in [0.3, 0.4) is 0 Å². The maximum Gasteiger partial charge on any atom is 0.256 e. The molecule has 2 N–H and O–H groups in total. The molecule has 0 spiro atoms. The van der Waals surface area contributed by atoms with E-state index in [0.29, 0.717) is 32.6 Å². The minimum atomic E-state index is -1.36. The number of aliphatic hydroxyl groups is 1. The first-order chi connectivity index (χ1) is 12.6. The monoisotopic (exact) mass is 359 g/mol. The summed E-state index contributed by atoms with van der Waals surface area (Å²) < 4.78 is 6.94. The molecule has 1 aromatic heterocycles. The van der Waals surface area contributed by atoms with Crippen LogP contribution >= 0.6 is 0 Å². The number of piperidine rings is 1. The van der Waals surface area contributed by atoms with Gasteiger partial charge in [0.2, 0.25) is 0 Å². The number of nitrogens with one attached hydrogen (secondary N) is 1. The molecule has 2 heterocycles. The minimum absolute atomic E-state index is 0.222. The fourth-order valence-electron chi connectivity index (χ4n) is 3.21. The van der Waals surface area contributed by atoms with Crippen molar-refractivity contribution in [2.75, 3.05) is 26.7 Å². The average Bonchev–Trinajstić information content (AvgIpc) is 3.17. The number of ether oxygens (including phenoxy) is 1. The zero-order chi connectivity index (χ0) is 18.4. The third-order valence-electron chi connectivity index (χ3n) is 4.62. The Hall–Kier alpha value is -2.45. The molecule has 0 saturated carbocycles.